The third-order valence-electron chi connectivity index (χ3n) is 6.96. The summed E-state index contributed by atoms with van der Waals surface area (Å²) >= 11 is 6.78. The Bertz CT molecular complexity index is 1200. The average molecular weight is 492 g/mol. The maximum atomic E-state index is 13.1. The van der Waals surface area contributed by atoms with Crippen molar-refractivity contribution in [3.8, 4) is 11.5 Å². The Morgan fingerprint density at radius 1 is 0.914 bits per heavy atom. The molecule has 6 heteroatoms. The summed E-state index contributed by atoms with van der Waals surface area (Å²) in [5, 5.41) is 3.86. The lowest BCUT2D eigenvalue weighted by molar-refractivity contribution is -0.116. The van der Waals surface area contributed by atoms with Gasteiger partial charge in [0.05, 0.1) is 11.6 Å². The molecule has 2 aromatic rings. The molecule has 1 aliphatic heterocycles. The fourth-order valence-corrected chi connectivity index (χ4v) is 5.59. The number of benzene rings is 2. The molecule has 5 nitrogen and oxygen atoms in total. The standard InChI is InChI=1S/C29H30ClNO4/c1-3-34-25-15-19(14-20(30)29(25)35-16-18-12-10-17(2)11-13-18)26-27-21(6-4-8-23(27)32)31-22-7-5-9-24(33)28(22)26/h10-15,26,31H,3-9,16H2,1-2H3. The van der Waals surface area contributed by atoms with Crippen LogP contribution in [0.3, 0.4) is 0 Å². The molecule has 2 aliphatic carbocycles. The summed E-state index contributed by atoms with van der Waals surface area (Å²) in [6.45, 7) is 4.75. The first-order valence-electron chi connectivity index (χ1n) is 12.4. The second kappa shape index (κ2) is 9.90. The van der Waals surface area contributed by atoms with E-state index in [1.165, 1.54) is 5.56 Å². The van der Waals surface area contributed by atoms with E-state index in [1.807, 2.05) is 50.2 Å². The molecule has 0 saturated carbocycles. The van der Waals surface area contributed by atoms with Gasteiger partial charge in [-0.05, 0) is 62.8 Å². The second-order valence-corrected chi connectivity index (χ2v) is 9.84. The Labute approximate surface area is 211 Å². The van der Waals surface area contributed by atoms with E-state index >= 15 is 0 Å². The molecule has 3 aliphatic rings. The number of hydrogen-bond acceptors (Lipinski definition) is 5. The molecule has 1 heterocycles. The van der Waals surface area contributed by atoms with Crippen LogP contribution in [0.5, 0.6) is 11.5 Å². The highest BCUT2D eigenvalue weighted by Crippen LogP contribution is 2.48. The van der Waals surface area contributed by atoms with Crippen LogP contribution in [0.4, 0.5) is 0 Å². The molecule has 0 aromatic heterocycles. The number of carbonyl (C=O) groups excluding carboxylic acids is 2. The van der Waals surface area contributed by atoms with Crippen LogP contribution in [0.1, 0.15) is 68.1 Å². The van der Waals surface area contributed by atoms with Crippen molar-refractivity contribution in [3.63, 3.8) is 0 Å². The number of Topliss-reactive ketones (excluding diaryl/α,β-unsaturated/α-hetero) is 2. The minimum atomic E-state index is -0.426. The molecule has 0 amide bonds. The van der Waals surface area contributed by atoms with E-state index in [9.17, 15) is 9.59 Å². The van der Waals surface area contributed by atoms with Crippen LogP contribution in [-0.4, -0.2) is 18.2 Å². The molecule has 35 heavy (non-hydrogen) atoms. The van der Waals surface area contributed by atoms with Gasteiger partial charge >= 0.3 is 0 Å². The van der Waals surface area contributed by atoms with Crippen molar-refractivity contribution in [2.45, 2.75) is 64.9 Å². The third-order valence-corrected chi connectivity index (χ3v) is 7.24. The Morgan fingerprint density at radius 3 is 2.14 bits per heavy atom. The van der Waals surface area contributed by atoms with E-state index < -0.39 is 5.92 Å². The van der Waals surface area contributed by atoms with Crippen LogP contribution in [0.15, 0.2) is 58.9 Å². The summed E-state index contributed by atoms with van der Waals surface area (Å²) in [6, 6.07) is 11.9. The van der Waals surface area contributed by atoms with Crippen molar-refractivity contribution in [1.29, 1.82) is 0 Å². The number of hydrogen-bond donors (Lipinski definition) is 1. The van der Waals surface area contributed by atoms with Gasteiger partial charge in [-0.1, -0.05) is 41.4 Å². The number of rotatable bonds is 6. The van der Waals surface area contributed by atoms with Crippen LogP contribution in [0.2, 0.25) is 5.02 Å². The molecular weight excluding hydrogens is 462 g/mol. The minimum Gasteiger partial charge on any atom is -0.490 e. The summed E-state index contributed by atoms with van der Waals surface area (Å²) in [5.41, 5.74) is 6.33. The number of carbonyl (C=O) groups is 2. The summed E-state index contributed by atoms with van der Waals surface area (Å²) in [6.07, 6.45) is 4.27. The minimum absolute atomic E-state index is 0.0995. The average Bonchev–Trinajstić information content (AvgIpc) is 2.84. The Hall–Kier alpha value is -3.05. The highest BCUT2D eigenvalue weighted by Gasteiger charge is 2.40. The molecule has 0 atom stereocenters. The Kier molecular flexibility index (Phi) is 6.70. The topological polar surface area (TPSA) is 64.6 Å². The normalized spacial score (nSPS) is 18.3. The van der Waals surface area contributed by atoms with Gasteiger partial charge in [-0.25, -0.2) is 0 Å². The van der Waals surface area contributed by atoms with Crippen LogP contribution in [-0.2, 0) is 16.2 Å². The van der Waals surface area contributed by atoms with Gasteiger partial charge < -0.3 is 14.8 Å². The lowest BCUT2D eigenvalue weighted by Crippen LogP contribution is -2.36. The lowest BCUT2D eigenvalue weighted by Gasteiger charge is -2.37. The molecule has 0 spiro atoms. The van der Waals surface area contributed by atoms with E-state index in [2.05, 4.69) is 5.32 Å². The second-order valence-electron chi connectivity index (χ2n) is 9.43. The Balaban J connectivity index is 1.56. The predicted octanol–water partition coefficient (Wildman–Crippen LogP) is 6.33. The molecule has 0 bridgehead atoms. The highest BCUT2D eigenvalue weighted by molar-refractivity contribution is 6.32. The third kappa shape index (κ3) is 4.62. The number of dihydropyridines is 1. The molecule has 0 unspecified atom stereocenters. The smallest absolute Gasteiger partial charge is 0.180 e. The van der Waals surface area contributed by atoms with E-state index in [0.29, 0.717) is 53.7 Å². The summed E-state index contributed by atoms with van der Waals surface area (Å²) in [7, 11) is 0. The van der Waals surface area contributed by atoms with Crippen molar-refractivity contribution >= 4 is 23.2 Å². The molecule has 0 radical (unpaired) electrons. The summed E-state index contributed by atoms with van der Waals surface area (Å²) in [4.78, 5) is 26.2. The first-order valence-corrected chi connectivity index (χ1v) is 12.8. The maximum absolute atomic E-state index is 13.1. The van der Waals surface area contributed by atoms with Gasteiger partial charge in [-0.15, -0.1) is 0 Å². The van der Waals surface area contributed by atoms with Gasteiger partial charge in [0.25, 0.3) is 0 Å². The zero-order valence-corrected chi connectivity index (χ0v) is 21.0. The van der Waals surface area contributed by atoms with Crippen LogP contribution in [0.25, 0.3) is 0 Å². The van der Waals surface area contributed by atoms with Crippen molar-refractivity contribution in [3.05, 3.63) is 80.7 Å². The first kappa shape index (κ1) is 23.7. The molecule has 1 N–H and O–H groups in total. The van der Waals surface area contributed by atoms with E-state index in [1.54, 1.807) is 0 Å². The predicted molar refractivity (Wildman–Crippen MR) is 136 cm³/mol. The van der Waals surface area contributed by atoms with Gasteiger partial charge in [0, 0.05) is 41.3 Å². The lowest BCUT2D eigenvalue weighted by atomic mass is 9.71. The molecule has 5 rings (SSSR count). The Morgan fingerprint density at radius 2 is 1.54 bits per heavy atom. The zero-order valence-electron chi connectivity index (χ0n) is 20.2. The number of halogens is 1. The SMILES string of the molecule is CCOc1cc(C2C3=C(CCCC3=O)NC3=C2C(=O)CCC3)cc(Cl)c1OCc1ccc(C)cc1. The zero-order chi connectivity index (χ0) is 24.5. The molecule has 0 fully saturated rings. The van der Waals surface area contributed by atoms with E-state index in [0.717, 1.165) is 48.2 Å². The first-order chi connectivity index (χ1) is 17.0. The van der Waals surface area contributed by atoms with Crippen LogP contribution in [0, 0.1) is 6.92 Å². The van der Waals surface area contributed by atoms with Crippen LogP contribution < -0.4 is 14.8 Å². The molecule has 0 saturated heterocycles. The van der Waals surface area contributed by atoms with Crippen molar-refractivity contribution in [2.24, 2.45) is 0 Å². The summed E-state index contributed by atoms with van der Waals surface area (Å²) in [5.74, 6) is 0.770. The number of ketones is 2. The molecule has 2 aromatic carbocycles. The summed E-state index contributed by atoms with van der Waals surface area (Å²) < 4.78 is 12.1. The quantitative estimate of drug-likeness (QED) is 0.511. The fraction of sp³-hybridized carbons (Fsp3) is 0.379. The van der Waals surface area contributed by atoms with Gasteiger partial charge in [0.2, 0.25) is 0 Å². The van der Waals surface area contributed by atoms with E-state index in [-0.39, 0.29) is 11.6 Å². The van der Waals surface area contributed by atoms with Crippen LogP contribution >= 0.6 is 11.6 Å². The fourth-order valence-electron chi connectivity index (χ4n) is 5.31. The van der Waals surface area contributed by atoms with E-state index in [4.69, 9.17) is 21.1 Å². The van der Waals surface area contributed by atoms with Crippen molar-refractivity contribution in [1.82, 2.24) is 5.32 Å². The molecule has 182 valence electrons. The number of nitrogens with one attached hydrogen (secondary N) is 1. The number of ether oxygens (including phenoxy) is 2. The van der Waals surface area contributed by atoms with Gasteiger partial charge in [-0.3, -0.25) is 9.59 Å². The molecular formula is C29H30ClNO4. The van der Waals surface area contributed by atoms with Crippen molar-refractivity contribution < 1.29 is 19.1 Å². The maximum Gasteiger partial charge on any atom is 0.180 e. The van der Waals surface area contributed by atoms with Gasteiger partial charge in [-0.2, -0.15) is 0 Å². The largest absolute Gasteiger partial charge is 0.490 e. The van der Waals surface area contributed by atoms with Gasteiger partial charge in [0.15, 0.2) is 23.1 Å². The number of aryl methyl sites for hydroxylation is 1. The van der Waals surface area contributed by atoms with Gasteiger partial charge in [0.1, 0.15) is 6.61 Å². The highest BCUT2D eigenvalue weighted by atomic mass is 35.5. The monoisotopic (exact) mass is 491 g/mol. The van der Waals surface area contributed by atoms with Crippen molar-refractivity contribution in [2.75, 3.05) is 6.61 Å². The number of allylic oxidation sites excluding steroid dienone is 4.